The van der Waals surface area contributed by atoms with Gasteiger partial charge in [-0.15, -0.1) is 0 Å². The summed E-state index contributed by atoms with van der Waals surface area (Å²) in [6.07, 6.45) is 1.68. The monoisotopic (exact) mass is 280 g/mol. The third-order valence-electron chi connectivity index (χ3n) is 2.26. The van der Waals surface area contributed by atoms with Gasteiger partial charge in [0.25, 0.3) is 0 Å². The van der Waals surface area contributed by atoms with Gasteiger partial charge in [0.15, 0.2) is 0 Å². The molecule has 0 radical (unpaired) electrons. The van der Waals surface area contributed by atoms with Crippen LogP contribution in [0.3, 0.4) is 0 Å². The molecule has 0 aromatic heterocycles. The van der Waals surface area contributed by atoms with E-state index < -0.39 is 4.92 Å². The summed E-state index contributed by atoms with van der Waals surface area (Å²) in [4.78, 5) is 26.5. The molecular weight excluding hydrogens is 264 g/mol. The molecule has 0 saturated heterocycles. The van der Waals surface area contributed by atoms with E-state index in [0.717, 1.165) is 0 Å². The van der Waals surface area contributed by atoms with Crippen LogP contribution in [-0.2, 0) is 9.53 Å². The maximum atomic E-state index is 11.1. The Balaban J connectivity index is 2.57. The van der Waals surface area contributed by atoms with Crippen LogP contribution < -0.4 is 10.3 Å². The first-order valence-corrected chi connectivity index (χ1v) is 6.03. The third kappa shape index (κ3) is 4.97. The predicted molar refractivity (Wildman–Crippen MR) is 71.9 cm³/mol. The Bertz CT molecular complexity index is 513. The minimum absolute atomic E-state index is 0.0985. The molecule has 0 bridgehead atoms. The molecular formula is C13H16N2O5. The molecule has 0 atom stereocenters. The molecule has 0 aliphatic heterocycles. The number of nitrogens with one attached hydrogen (secondary N) is 1. The molecule has 20 heavy (non-hydrogen) atoms. The van der Waals surface area contributed by atoms with E-state index in [1.807, 2.05) is 0 Å². The van der Waals surface area contributed by atoms with Crippen LogP contribution in [0, 0.1) is 10.1 Å². The topological polar surface area (TPSA) is 90.7 Å². The Kier molecular flexibility index (Phi) is 6.02. The maximum absolute atomic E-state index is 11.1. The minimum atomic E-state index is -0.533. The van der Waals surface area contributed by atoms with Gasteiger partial charge in [-0.25, -0.2) is 5.48 Å². The second-order valence-corrected chi connectivity index (χ2v) is 3.83. The van der Waals surface area contributed by atoms with Crippen LogP contribution in [0.15, 0.2) is 36.0 Å². The highest BCUT2D eigenvalue weighted by molar-refractivity contribution is 5.71. The van der Waals surface area contributed by atoms with Crippen LogP contribution in [0.4, 0.5) is 5.69 Å². The molecule has 0 amide bonds. The van der Waals surface area contributed by atoms with Crippen LogP contribution in [0.2, 0.25) is 0 Å². The minimum Gasteiger partial charge on any atom is -0.466 e. The van der Waals surface area contributed by atoms with Crippen molar-refractivity contribution in [1.82, 2.24) is 5.48 Å². The Morgan fingerprint density at radius 3 is 2.80 bits per heavy atom. The summed E-state index contributed by atoms with van der Waals surface area (Å²) in [5.41, 5.74) is 2.95. The first-order chi connectivity index (χ1) is 9.54. The fourth-order valence-electron chi connectivity index (χ4n) is 1.33. The highest BCUT2D eigenvalue weighted by Crippen LogP contribution is 2.25. The van der Waals surface area contributed by atoms with E-state index in [1.54, 1.807) is 32.1 Å². The zero-order valence-corrected chi connectivity index (χ0v) is 11.3. The molecule has 108 valence electrons. The molecule has 0 heterocycles. The number of nitrogens with zero attached hydrogens (tertiary/aromatic N) is 1. The van der Waals surface area contributed by atoms with Crippen molar-refractivity contribution in [3.05, 3.63) is 46.2 Å². The number of benzene rings is 1. The number of hydroxylamine groups is 1. The van der Waals surface area contributed by atoms with Gasteiger partial charge in [-0.1, -0.05) is 18.2 Å². The Labute approximate surface area is 116 Å². The molecule has 7 heteroatoms. The lowest BCUT2D eigenvalue weighted by molar-refractivity contribution is -0.386. The molecule has 0 unspecified atom stereocenters. The van der Waals surface area contributed by atoms with Gasteiger partial charge in [-0.05, 0) is 19.9 Å². The number of para-hydroxylation sites is 2. The number of carbonyl (C=O) groups excluding carboxylic acids is 1. The van der Waals surface area contributed by atoms with Gasteiger partial charge in [0.2, 0.25) is 5.75 Å². The molecule has 1 rings (SSSR count). The van der Waals surface area contributed by atoms with Gasteiger partial charge in [-0.2, -0.15) is 0 Å². The molecule has 0 aliphatic carbocycles. The third-order valence-corrected chi connectivity index (χ3v) is 2.26. The summed E-state index contributed by atoms with van der Waals surface area (Å²) in [5, 5.41) is 10.8. The Morgan fingerprint density at radius 1 is 1.45 bits per heavy atom. The summed E-state index contributed by atoms with van der Waals surface area (Å²) in [6.45, 7) is 3.73. The van der Waals surface area contributed by atoms with Gasteiger partial charge in [0.1, 0.15) is 0 Å². The summed E-state index contributed by atoms with van der Waals surface area (Å²) in [5.74, 6) is -0.249. The summed E-state index contributed by atoms with van der Waals surface area (Å²) >= 11 is 0. The highest BCUT2D eigenvalue weighted by atomic mass is 16.7. The quantitative estimate of drug-likeness (QED) is 0.468. The lowest BCUT2D eigenvalue weighted by Gasteiger charge is -2.08. The molecule has 7 nitrogen and oxygen atoms in total. The number of nitro benzene ring substituents is 1. The Morgan fingerprint density at radius 2 is 2.15 bits per heavy atom. The number of carbonyl (C=O) groups is 1. The fourth-order valence-corrected chi connectivity index (χ4v) is 1.33. The van der Waals surface area contributed by atoms with E-state index in [2.05, 4.69) is 5.48 Å². The van der Waals surface area contributed by atoms with Crippen molar-refractivity contribution in [2.75, 3.05) is 6.61 Å². The molecule has 0 fully saturated rings. The fraction of sp³-hybridized carbons (Fsp3) is 0.308. The molecule has 1 aromatic rings. The van der Waals surface area contributed by atoms with Crippen LogP contribution in [0.5, 0.6) is 5.75 Å². The van der Waals surface area contributed by atoms with Crippen molar-refractivity contribution in [2.45, 2.75) is 20.3 Å². The number of rotatable bonds is 7. The summed E-state index contributed by atoms with van der Waals surface area (Å²) in [6, 6.07) is 5.99. The zero-order chi connectivity index (χ0) is 15.0. The van der Waals surface area contributed by atoms with Crippen molar-refractivity contribution < 1.29 is 19.3 Å². The van der Waals surface area contributed by atoms with Crippen molar-refractivity contribution in [1.29, 1.82) is 0 Å². The maximum Gasteiger partial charge on any atom is 0.314 e. The predicted octanol–water partition coefficient (Wildman–Crippen LogP) is 2.34. The van der Waals surface area contributed by atoms with Crippen molar-refractivity contribution in [2.24, 2.45) is 0 Å². The number of ether oxygens (including phenoxy) is 1. The van der Waals surface area contributed by atoms with E-state index in [0.29, 0.717) is 12.3 Å². The smallest absolute Gasteiger partial charge is 0.314 e. The summed E-state index contributed by atoms with van der Waals surface area (Å²) < 4.78 is 4.76. The molecule has 0 saturated carbocycles. The largest absolute Gasteiger partial charge is 0.466 e. The van der Waals surface area contributed by atoms with Gasteiger partial charge in [0.05, 0.1) is 18.0 Å². The average molecular weight is 280 g/mol. The first kappa shape index (κ1) is 15.5. The molecule has 0 spiro atoms. The second kappa shape index (κ2) is 7.78. The number of hydrogen-bond donors (Lipinski definition) is 1. The molecule has 1 N–H and O–H groups in total. The van der Waals surface area contributed by atoms with Crippen molar-refractivity contribution in [3.8, 4) is 5.75 Å². The molecule has 1 aromatic carbocycles. The SMILES string of the molecule is CCOC(=O)CC=C(C)NOc1ccccc1[N+](=O)[O-]. The van der Waals surface area contributed by atoms with Crippen LogP contribution >= 0.6 is 0 Å². The van der Waals surface area contributed by atoms with Crippen LogP contribution in [0.25, 0.3) is 0 Å². The number of esters is 1. The zero-order valence-electron chi connectivity index (χ0n) is 11.3. The molecule has 0 aliphatic rings. The van der Waals surface area contributed by atoms with Gasteiger partial charge in [0, 0.05) is 11.8 Å². The number of allylic oxidation sites excluding steroid dienone is 1. The van der Waals surface area contributed by atoms with Gasteiger partial charge < -0.3 is 9.57 Å². The van der Waals surface area contributed by atoms with Crippen molar-refractivity contribution >= 4 is 11.7 Å². The van der Waals surface area contributed by atoms with Crippen LogP contribution in [0.1, 0.15) is 20.3 Å². The number of nitro groups is 1. The van der Waals surface area contributed by atoms with Crippen molar-refractivity contribution in [3.63, 3.8) is 0 Å². The Hall–Kier alpha value is -2.57. The highest BCUT2D eigenvalue weighted by Gasteiger charge is 2.13. The van der Waals surface area contributed by atoms with Crippen LogP contribution in [-0.4, -0.2) is 17.5 Å². The van der Waals surface area contributed by atoms with E-state index in [1.165, 1.54) is 12.1 Å². The lowest BCUT2D eigenvalue weighted by atomic mass is 10.3. The van der Waals surface area contributed by atoms with E-state index in [-0.39, 0.29) is 23.8 Å². The van der Waals surface area contributed by atoms with E-state index in [9.17, 15) is 14.9 Å². The number of hydrogen-bond acceptors (Lipinski definition) is 6. The van der Waals surface area contributed by atoms with E-state index >= 15 is 0 Å². The van der Waals surface area contributed by atoms with Gasteiger partial charge in [-0.3, -0.25) is 14.9 Å². The van der Waals surface area contributed by atoms with Gasteiger partial charge >= 0.3 is 11.7 Å². The van der Waals surface area contributed by atoms with E-state index in [4.69, 9.17) is 9.57 Å². The summed E-state index contributed by atoms with van der Waals surface area (Å²) in [7, 11) is 0. The second-order valence-electron chi connectivity index (χ2n) is 3.83. The lowest BCUT2D eigenvalue weighted by Crippen LogP contribution is -2.17. The first-order valence-electron chi connectivity index (χ1n) is 6.03. The standard InChI is InChI=1S/C13H16N2O5/c1-3-19-13(16)9-8-10(2)14-20-12-7-5-4-6-11(12)15(17)18/h4-8,14H,3,9H2,1-2H3. The average Bonchev–Trinajstić information content (AvgIpc) is 2.43. The normalized spacial score (nSPS) is 10.8.